The summed E-state index contributed by atoms with van der Waals surface area (Å²) >= 11 is 0. The SMILES string of the molecule is C=CC(=O)N1CCN(c2cc(=O)n(-c3c(C)ccnc3C(C)C)c3cc(-c4c(O)cccc4F)c(F)cc23)C[C@H]1C. The molecule has 1 fully saturated rings. The van der Waals surface area contributed by atoms with Crippen LogP contribution in [0.15, 0.2) is 66.1 Å². The van der Waals surface area contributed by atoms with E-state index in [2.05, 4.69) is 11.6 Å². The fourth-order valence-electron chi connectivity index (χ4n) is 5.70. The average Bonchev–Trinajstić information content (AvgIpc) is 2.93. The third-order valence-corrected chi connectivity index (χ3v) is 7.69. The van der Waals surface area contributed by atoms with E-state index in [1.807, 2.05) is 32.6 Å². The molecule has 5 rings (SSSR count). The quantitative estimate of drug-likeness (QED) is 0.319. The molecule has 2 aromatic carbocycles. The van der Waals surface area contributed by atoms with Crippen LogP contribution in [0.1, 0.15) is 37.9 Å². The molecule has 4 aromatic rings. The molecule has 7 nitrogen and oxygen atoms in total. The number of rotatable bonds is 5. The molecule has 1 aliphatic rings. The number of phenols is 1. The molecular formula is C32H32F2N4O3. The maximum atomic E-state index is 15.9. The van der Waals surface area contributed by atoms with Crippen molar-refractivity contribution in [2.75, 3.05) is 24.5 Å². The molecule has 0 aliphatic carbocycles. The van der Waals surface area contributed by atoms with E-state index in [-0.39, 0.29) is 34.6 Å². The maximum absolute atomic E-state index is 15.9. The maximum Gasteiger partial charge on any atom is 0.257 e. The second kappa shape index (κ2) is 10.8. The van der Waals surface area contributed by atoms with E-state index in [1.54, 1.807) is 17.2 Å². The first kappa shape index (κ1) is 28.0. The lowest BCUT2D eigenvalue weighted by Crippen LogP contribution is -2.54. The van der Waals surface area contributed by atoms with E-state index in [1.165, 1.54) is 41.0 Å². The Labute approximate surface area is 237 Å². The highest BCUT2D eigenvalue weighted by molar-refractivity contribution is 5.96. The Bertz CT molecular complexity index is 1730. The largest absolute Gasteiger partial charge is 0.507 e. The number of hydrogen-bond donors (Lipinski definition) is 1. The van der Waals surface area contributed by atoms with Gasteiger partial charge >= 0.3 is 0 Å². The summed E-state index contributed by atoms with van der Waals surface area (Å²) in [5, 5.41) is 10.9. The van der Waals surface area contributed by atoms with Gasteiger partial charge in [-0.2, -0.15) is 0 Å². The molecule has 0 saturated carbocycles. The zero-order valence-corrected chi connectivity index (χ0v) is 23.5. The van der Waals surface area contributed by atoms with Crippen molar-refractivity contribution in [2.24, 2.45) is 0 Å². The standard InChI is InChI=1S/C32H32F2N4O3/c1-6-28(40)37-13-12-36(17-20(37)5)25-16-29(41)38(32-19(4)10-11-35-31(32)18(2)3)26-15-21(24(34)14-22(25)26)30-23(33)8-7-9-27(30)39/h6-11,14-16,18,20,39H,1,12-13,17H2,2-5H3/t20-/m1/s1. The van der Waals surface area contributed by atoms with Gasteiger partial charge in [0.2, 0.25) is 5.91 Å². The fourth-order valence-corrected chi connectivity index (χ4v) is 5.70. The summed E-state index contributed by atoms with van der Waals surface area (Å²) in [6, 6.07) is 9.59. The minimum absolute atomic E-state index is 0.0293. The van der Waals surface area contributed by atoms with Crippen molar-refractivity contribution in [1.29, 1.82) is 0 Å². The molecule has 1 aliphatic heterocycles. The predicted octanol–water partition coefficient (Wildman–Crippen LogP) is 5.69. The van der Waals surface area contributed by atoms with Gasteiger partial charge < -0.3 is 14.9 Å². The van der Waals surface area contributed by atoms with E-state index in [0.717, 1.165) is 11.6 Å². The van der Waals surface area contributed by atoms with Crippen LogP contribution >= 0.6 is 0 Å². The normalized spacial score (nSPS) is 15.5. The topological polar surface area (TPSA) is 78.7 Å². The van der Waals surface area contributed by atoms with Crippen LogP contribution in [0.3, 0.4) is 0 Å². The number of piperazine rings is 1. The number of anilines is 1. The molecule has 0 unspecified atom stereocenters. The lowest BCUT2D eigenvalue weighted by molar-refractivity contribution is -0.128. The number of fused-ring (bicyclic) bond motifs is 1. The molecule has 3 heterocycles. The van der Waals surface area contributed by atoms with Crippen LogP contribution < -0.4 is 10.5 Å². The lowest BCUT2D eigenvalue weighted by atomic mass is 9.98. The summed E-state index contributed by atoms with van der Waals surface area (Å²) in [6.07, 6.45) is 2.96. The van der Waals surface area contributed by atoms with Crippen LogP contribution in [0, 0.1) is 18.6 Å². The van der Waals surface area contributed by atoms with E-state index < -0.39 is 17.4 Å². The van der Waals surface area contributed by atoms with E-state index in [4.69, 9.17) is 0 Å². The summed E-state index contributed by atoms with van der Waals surface area (Å²) < 4.78 is 32.3. The highest BCUT2D eigenvalue weighted by atomic mass is 19.1. The Morgan fingerprint density at radius 1 is 1.15 bits per heavy atom. The van der Waals surface area contributed by atoms with Crippen molar-refractivity contribution >= 4 is 22.5 Å². The Morgan fingerprint density at radius 3 is 2.56 bits per heavy atom. The van der Waals surface area contributed by atoms with Gasteiger partial charge in [0, 0.05) is 48.9 Å². The van der Waals surface area contributed by atoms with E-state index in [0.29, 0.717) is 47.6 Å². The number of carbonyl (C=O) groups is 1. The van der Waals surface area contributed by atoms with Gasteiger partial charge in [0.1, 0.15) is 17.4 Å². The first-order valence-electron chi connectivity index (χ1n) is 13.5. The van der Waals surface area contributed by atoms with Gasteiger partial charge in [-0.3, -0.25) is 19.1 Å². The highest BCUT2D eigenvalue weighted by Gasteiger charge is 2.29. The third kappa shape index (κ3) is 4.85. The first-order chi connectivity index (χ1) is 19.5. The van der Waals surface area contributed by atoms with Gasteiger partial charge in [-0.15, -0.1) is 0 Å². The Morgan fingerprint density at radius 2 is 1.90 bits per heavy atom. The molecule has 1 saturated heterocycles. The van der Waals surface area contributed by atoms with Crippen molar-refractivity contribution in [3.8, 4) is 22.6 Å². The van der Waals surface area contributed by atoms with Gasteiger partial charge in [0.05, 0.1) is 28.1 Å². The minimum Gasteiger partial charge on any atom is -0.507 e. The lowest BCUT2D eigenvalue weighted by Gasteiger charge is -2.41. The van der Waals surface area contributed by atoms with Gasteiger partial charge in [-0.25, -0.2) is 8.78 Å². The summed E-state index contributed by atoms with van der Waals surface area (Å²) in [5.74, 6) is -2.15. The molecule has 212 valence electrons. The Balaban J connectivity index is 1.82. The minimum atomic E-state index is -0.787. The summed E-state index contributed by atoms with van der Waals surface area (Å²) in [7, 11) is 0. The van der Waals surface area contributed by atoms with Crippen molar-refractivity contribution in [3.63, 3.8) is 0 Å². The average molecular weight is 559 g/mol. The molecular weight excluding hydrogens is 526 g/mol. The predicted molar refractivity (Wildman–Crippen MR) is 157 cm³/mol. The van der Waals surface area contributed by atoms with E-state index >= 15 is 4.39 Å². The smallest absolute Gasteiger partial charge is 0.257 e. The van der Waals surface area contributed by atoms with Crippen molar-refractivity contribution in [3.05, 3.63) is 94.6 Å². The number of phenolic OH excluding ortho intramolecular Hbond substituents is 1. The number of aromatic nitrogens is 2. The molecule has 0 bridgehead atoms. The number of pyridine rings is 2. The molecule has 1 atom stereocenters. The summed E-state index contributed by atoms with van der Waals surface area (Å²) in [6.45, 7) is 12.5. The number of hydrogen-bond acceptors (Lipinski definition) is 5. The number of carbonyl (C=O) groups excluding carboxylic acids is 1. The molecule has 9 heteroatoms. The van der Waals surface area contributed by atoms with Crippen LogP contribution in [0.5, 0.6) is 5.75 Å². The first-order valence-corrected chi connectivity index (χ1v) is 13.5. The zero-order valence-electron chi connectivity index (χ0n) is 23.5. The number of halogens is 2. The number of aromatic hydroxyl groups is 1. The van der Waals surface area contributed by atoms with Crippen molar-refractivity contribution in [1.82, 2.24) is 14.5 Å². The zero-order chi connectivity index (χ0) is 29.6. The molecule has 1 N–H and O–H groups in total. The third-order valence-electron chi connectivity index (χ3n) is 7.69. The molecule has 0 spiro atoms. The van der Waals surface area contributed by atoms with Crippen LogP contribution in [0.2, 0.25) is 0 Å². The number of amides is 1. The Hall–Kier alpha value is -4.53. The van der Waals surface area contributed by atoms with Crippen LogP contribution in [-0.2, 0) is 4.79 Å². The van der Waals surface area contributed by atoms with Gasteiger partial charge in [0.15, 0.2) is 0 Å². The molecule has 1 amide bonds. The van der Waals surface area contributed by atoms with Gasteiger partial charge in [0.25, 0.3) is 5.56 Å². The molecule has 0 radical (unpaired) electrons. The van der Waals surface area contributed by atoms with E-state index in [9.17, 15) is 19.1 Å². The highest BCUT2D eigenvalue weighted by Crippen LogP contribution is 2.39. The number of benzene rings is 2. The van der Waals surface area contributed by atoms with Crippen molar-refractivity contribution < 1.29 is 18.7 Å². The van der Waals surface area contributed by atoms with Gasteiger partial charge in [-0.05, 0) is 61.7 Å². The van der Waals surface area contributed by atoms with Crippen LogP contribution in [-0.4, -0.2) is 51.1 Å². The molecule has 2 aromatic heterocycles. The Kier molecular flexibility index (Phi) is 7.38. The summed E-state index contributed by atoms with van der Waals surface area (Å²) in [5.41, 5.74) is 2.11. The summed E-state index contributed by atoms with van der Waals surface area (Å²) in [4.78, 5) is 34.5. The van der Waals surface area contributed by atoms with Crippen LogP contribution in [0.4, 0.5) is 14.5 Å². The second-order valence-corrected chi connectivity index (χ2v) is 10.7. The van der Waals surface area contributed by atoms with Gasteiger partial charge in [-0.1, -0.05) is 26.5 Å². The number of nitrogens with zero attached hydrogens (tertiary/aromatic N) is 4. The molecule has 41 heavy (non-hydrogen) atoms. The number of aryl methyl sites for hydroxylation is 1. The fraction of sp³-hybridized carbons (Fsp3) is 0.281. The second-order valence-electron chi connectivity index (χ2n) is 10.7. The van der Waals surface area contributed by atoms with Crippen LogP contribution in [0.25, 0.3) is 27.7 Å². The van der Waals surface area contributed by atoms with Crippen molar-refractivity contribution in [2.45, 2.75) is 39.7 Å². The monoisotopic (exact) mass is 558 g/mol.